The van der Waals surface area contributed by atoms with Crippen LogP contribution in [-0.4, -0.2) is 35.2 Å². The van der Waals surface area contributed by atoms with E-state index in [1.807, 2.05) is 48.5 Å². The van der Waals surface area contributed by atoms with Crippen molar-refractivity contribution in [3.05, 3.63) is 64.1 Å². The number of carbonyl (C=O) groups is 3. The summed E-state index contributed by atoms with van der Waals surface area (Å²) in [6.45, 7) is 4.51. The fraction of sp³-hybridized carbons (Fsp3) is 0.400. The highest BCUT2D eigenvalue weighted by atomic mass is 79.9. The van der Waals surface area contributed by atoms with E-state index in [0.717, 1.165) is 15.6 Å². The summed E-state index contributed by atoms with van der Waals surface area (Å²) >= 11 is 3.50. The lowest BCUT2D eigenvalue weighted by Gasteiger charge is -2.30. The van der Waals surface area contributed by atoms with Crippen molar-refractivity contribution in [3.63, 3.8) is 0 Å². The molecule has 7 heteroatoms. The fourth-order valence-electron chi connectivity index (χ4n) is 5.65. The van der Waals surface area contributed by atoms with E-state index in [0.29, 0.717) is 31.0 Å². The SMILES string of the molecule is CC(C)C[C@H]1N[C@@]2(C(=O)Nc3ccc(Br)cc32)[C@@H]2C(=O)N(CCc3ccccc3)C(=O)[C@@H]21. The van der Waals surface area contributed by atoms with Gasteiger partial charge in [0.2, 0.25) is 17.7 Å². The third-order valence-corrected chi connectivity index (χ3v) is 7.45. The molecule has 0 radical (unpaired) electrons. The summed E-state index contributed by atoms with van der Waals surface area (Å²) in [6.07, 6.45) is 1.31. The number of carbonyl (C=O) groups excluding carboxylic acids is 3. The van der Waals surface area contributed by atoms with Crippen LogP contribution in [0.5, 0.6) is 0 Å². The predicted molar refractivity (Wildman–Crippen MR) is 125 cm³/mol. The second-order valence-electron chi connectivity index (χ2n) is 9.40. The van der Waals surface area contributed by atoms with Crippen LogP contribution in [0.3, 0.4) is 0 Å². The van der Waals surface area contributed by atoms with Gasteiger partial charge in [-0.3, -0.25) is 24.6 Å². The van der Waals surface area contributed by atoms with E-state index in [-0.39, 0.29) is 23.8 Å². The van der Waals surface area contributed by atoms with Crippen molar-refractivity contribution in [1.29, 1.82) is 0 Å². The van der Waals surface area contributed by atoms with Gasteiger partial charge in [-0.25, -0.2) is 0 Å². The van der Waals surface area contributed by atoms with Gasteiger partial charge >= 0.3 is 0 Å². The van der Waals surface area contributed by atoms with Crippen LogP contribution in [0.25, 0.3) is 0 Å². The number of anilines is 1. The fourth-order valence-corrected chi connectivity index (χ4v) is 6.01. The molecule has 0 saturated carbocycles. The third-order valence-electron chi connectivity index (χ3n) is 6.96. The molecule has 5 rings (SSSR count). The van der Waals surface area contributed by atoms with Gasteiger partial charge in [0.25, 0.3) is 0 Å². The molecule has 6 nitrogen and oxygen atoms in total. The second kappa shape index (κ2) is 7.81. The topological polar surface area (TPSA) is 78.5 Å². The van der Waals surface area contributed by atoms with Crippen molar-refractivity contribution in [2.24, 2.45) is 17.8 Å². The maximum atomic E-state index is 13.7. The summed E-state index contributed by atoms with van der Waals surface area (Å²) in [7, 11) is 0. The van der Waals surface area contributed by atoms with Gasteiger partial charge in [-0.05, 0) is 42.5 Å². The summed E-state index contributed by atoms with van der Waals surface area (Å²) in [5.74, 6) is -1.64. The van der Waals surface area contributed by atoms with Crippen LogP contribution in [0.4, 0.5) is 5.69 Å². The molecule has 32 heavy (non-hydrogen) atoms. The molecule has 2 aromatic carbocycles. The molecule has 3 aliphatic heterocycles. The maximum absolute atomic E-state index is 13.7. The normalized spacial score (nSPS) is 28.6. The zero-order valence-corrected chi connectivity index (χ0v) is 19.7. The van der Waals surface area contributed by atoms with Crippen molar-refractivity contribution < 1.29 is 14.4 Å². The lowest BCUT2D eigenvalue weighted by Crippen LogP contribution is -2.53. The first-order chi connectivity index (χ1) is 15.3. The van der Waals surface area contributed by atoms with E-state index < -0.39 is 17.4 Å². The van der Waals surface area contributed by atoms with Crippen molar-refractivity contribution in [2.45, 2.75) is 38.3 Å². The van der Waals surface area contributed by atoms with Gasteiger partial charge in [-0.15, -0.1) is 0 Å². The number of imide groups is 1. The van der Waals surface area contributed by atoms with E-state index in [2.05, 4.69) is 40.4 Å². The second-order valence-corrected chi connectivity index (χ2v) is 10.3. The molecular weight excluding hydrogens is 470 g/mol. The smallest absolute Gasteiger partial charge is 0.250 e. The molecule has 3 aliphatic rings. The Balaban J connectivity index is 1.54. The number of hydrogen-bond donors (Lipinski definition) is 2. The van der Waals surface area contributed by atoms with E-state index in [4.69, 9.17) is 0 Å². The molecule has 3 heterocycles. The number of likely N-dealkylation sites (tertiary alicyclic amines) is 1. The monoisotopic (exact) mass is 495 g/mol. The Morgan fingerprint density at radius 2 is 1.81 bits per heavy atom. The first kappa shape index (κ1) is 21.3. The van der Waals surface area contributed by atoms with Gasteiger partial charge in [0, 0.05) is 28.3 Å². The number of amides is 3. The van der Waals surface area contributed by atoms with E-state index in [1.165, 1.54) is 4.90 Å². The van der Waals surface area contributed by atoms with E-state index >= 15 is 0 Å². The summed E-state index contributed by atoms with van der Waals surface area (Å²) < 4.78 is 0.829. The molecule has 0 bridgehead atoms. The van der Waals surface area contributed by atoms with Crippen molar-refractivity contribution in [2.75, 3.05) is 11.9 Å². The Morgan fingerprint density at radius 1 is 1.06 bits per heavy atom. The Morgan fingerprint density at radius 3 is 2.53 bits per heavy atom. The van der Waals surface area contributed by atoms with Crippen molar-refractivity contribution in [3.8, 4) is 0 Å². The molecule has 1 spiro atoms. The summed E-state index contributed by atoms with van der Waals surface area (Å²) in [4.78, 5) is 42.1. The Hall–Kier alpha value is -2.51. The molecule has 4 atom stereocenters. The number of fused-ring (bicyclic) bond motifs is 4. The Bertz CT molecular complexity index is 1100. The van der Waals surface area contributed by atoms with Gasteiger partial charge in [0.05, 0.1) is 11.8 Å². The Labute approximate surface area is 195 Å². The minimum absolute atomic E-state index is 0.165. The summed E-state index contributed by atoms with van der Waals surface area (Å²) in [5.41, 5.74) is 1.28. The van der Waals surface area contributed by atoms with Crippen LogP contribution < -0.4 is 10.6 Å². The van der Waals surface area contributed by atoms with Gasteiger partial charge in [0.1, 0.15) is 5.54 Å². The van der Waals surface area contributed by atoms with Crippen LogP contribution in [0.1, 0.15) is 31.4 Å². The Kier molecular flexibility index (Phi) is 5.21. The highest BCUT2D eigenvalue weighted by Gasteiger charge is 2.70. The molecule has 2 aromatic rings. The minimum Gasteiger partial charge on any atom is -0.324 e. The molecule has 2 N–H and O–H groups in total. The quantitative estimate of drug-likeness (QED) is 0.622. The molecular formula is C25H26BrN3O3. The molecule has 0 aliphatic carbocycles. The standard InChI is InChI=1S/C25H26BrN3O3/c1-14(2)12-19-20-21(23(31)29(22(20)30)11-10-15-6-4-3-5-7-15)25(28-19)17-13-16(26)8-9-18(17)27-24(25)32/h3-9,13-14,19-21,28H,10-12H2,1-2H3,(H,27,32)/t19-,20-,21+,25-/m1/s1. The molecule has 166 valence electrons. The highest BCUT2D eigenvalue weighted by Crippen LogP contribution is 2.54. The number of rotatable bonds is 5. The lowest BCUT2D eigenvalue weighted by atomic mass is 9.76. The molecule has 2 saturated heterocycles. The minimum atomic E-state index is -1.22. The zero-order chi connectivity index (χ0) is 22.6. The molecule has 2 fully saturated rings. The number of nitrogens with zero attached hydrogens (tertiary/aromatic N) is 1. The maximum Gasteiger partial charge on any atom is 0.250 e. The lowest BCUT2D eigenvalue weighted by molar-refractivity contribution is -0.142. The van der Waals surface area contributed by atoms with Crippen LogP contribution in [-0.2, 0) is 26.3 Å². The number of nitrogens with one attached hydrogen (secondary N) is 2. The number of halogens is 1. The number of benzene rings is 2. The average Bonchev–Trinajstić information content (AvgIpc) is 3.32. The molecule has 0 aromatic heterocycles. The van der Waals surface area contributed by atoms with Gasteiger partial charge in [-0.2, -0.15) is 0 Å². The van der Waals surface area contributed by atoms with Crippen LogP contribution in [0.15, 0.2) is 53.0 Å². The van der Waals surface area contributed by atoms with Gasteiger partial charge in [-0.1, -0.05) is 60.1 Å². The predicted octanol–water partition coefficient (Wildman–Crippen LogP) is 3.46. The van der Waals surface area contributed by atoms with Gasteiger partial charge in [0.15, 0.2) is 0 Å². The first-order valence-electron chi connectivity index (χ1n) is 11.1. The summed E-state index contributed by atoms with van der Waals surface area (Å²) in [5, 5.41) is 6.43. The van der Waals surface area contributed by atoms with Crippen LogP contribution in [0, 0.1) is 17.8 Å². The number of hydrogen-bond acceptors (Lipinski definition) is 4. The van der Waals surface area contributed by atoms with Crippen LogP contribution >= 0.6 is 15.9 Å². The average molecular weight is 496 g/mol. The zero-order valence-electron chi connectivity index (χ0n) is 18.1. The van der Waals surface area contributed by atoms with Gasteiger partial charge < -0.3 is 5.32 Å². The van der Waals surface area contributed by atoms with Crippen LogP contribution in [0.2, 0.25) is 0 Å². The van der Waals surface area contributed by atoms with Crippen molar-refractivity contribution >= 4 is 39.3 Å². The third kappa shape index (κ3) is 3.13. The summed E-state index contributed by atoms with van der Waals surface area (Å²) in [6, 6.07) is 15.2. The largest absolute Gasteiger partial charge is 0.324 e. The molecule has 0 unspecified atom stereocenters. The molecule has 3 amide bonds. The van der Waals surface area contributed by atoms with E-state index in [1.54, 1.807) is 0 Å². The van der Waals surface area contributed by atoms with Crippen molar-refractivity contribution in [1.82, 2.24) is 10.2 Å². The highest BCUT2D eigenvalue weighted by molar-refractivity contribution is 9.10. The van der Waals surface area contributed by atoms with E-state index in [9.17, 15) is 14.4 Å². The first-order valence-corrected chi connectivity index (χ1v) is 11.9.